The number of halogens is 1. The molecule has 8 nitrogen and oxygen atoms in total. The van der Waals surface area contributed by atoms with Crippen molar-refractivity contribution in [1.29, 1.82) is 0 Å². The highest BCUT2D eigenvalue weighted by Gasteiger charge is 2.27. The number of fused-ring (bicyclic) bond motifs is 1. The smallest absolute Gasteiger partial charge is 0.260 e. The third-order valence-electron chi connectivity index (χ3n) is 6.57. The van der Waals surface area contributed by atoms with Gasteiger partial charge in [-0.3, -0.25) is 9.69 Å². The fourth-order valence-corrected chi connectivity index (χ4v) is 6.83. The van der Waals surface area contributed by atoms with Crippen LogP contribution >= 0.6 is 23.7 Å². The quantitative estimate of drug-likeness (QED) is 0.345. The van der Waals surface area contributed by atoms with Crippen molar-refractivity contribution in [3.8, 4) is 0 Å². The van der Waals surface area contributed by atoms with Gasteiger partial charge in [-0.25, -0.2) is 13.4 Å². The first-order chi connectivity index (χ1) is 17.6. The summed E-state index contributed by atoms with van der Waals surface area (Å²) < 4.78 is 34.2. The van der Waals surface area contributed by atoms with Crippen LogP contribution in [0, 0.1) is 13.8 Å². The molecule has 0 radical (unpaired) electrons. The topological polar surface area (TPSA) is 83.1 Å². The Balaban J connectivity index is 0.00000400. The van der Waals surface area contributed by atoms with Crippen LogP contribution in [0.15, 0.2) is 41.3 Å². The monoisotopic (exact) mass is 580 g/mol. The predicted molar refractivity (Wildman–Crippen MR) is 156 cm³/mol. The van der Waals surface area contributed by atoms with Crippen LogP contribution in [0.2, 0.25) is 0 Å². The number of thiazole rings is 1. The largest absolute Gasteiger partial charge is 0.377 e. The molecule has 1 atom stereocenters. The van der Waals surface area contributed by atoms with Gasteiger partial charge in [-0.05, 0) is 95.2 Å². The van der Waals surface area contributed by atoms with Gasteiger partial charge in [-0.1, -0.05) is 17.4 Å². The lowest BCUT2D eigenvalue weighted by Gasteiger charge is -2.22. The fraction of sp³-hybridized carbons (Fsp3) is 0.481. The second kappa shape index (κ2) is 12.8. The zero-order valence-corrected chi connectivity index (χ0v) is 25.1. The molecule has 2 aromatic carbocycles. The molecule has 1 aliphatic rings. The number of anilines is 1. The minimum Gasteiger partial charge on any atom is -0.377 e. The van der Waals surface area contributed by atoms with Crippen molar-refractivity contribution in [3.05, 3.63) is 53.1 Å². The Morgan fingerprint density at radius 2 is 1.82 bits per heavy atom. The molecule has 38 heavy (non-hydrogen) atoms. The highest BCUT2D eigenvalue weighted by atomic mass is 35.5. The van der Waals surface area contributed by atoms with E-state index < -0.39 is 10.0 Å². The summed E-state index contributed by atoms with van der Waals surface area (Å²) in [7, 11) is 1.90. The molecule has 4 rings (SSSR count). The SMILES string of the molecule is Cc1cc(C)c2sc(N(CCCN(C)C)C(=O)c3ccc(S(=O)(=O)N(C)CC4CCCO4)cc3)nc2c1.Cl. The average molecular weight is 581 g/mol. The number of nitrogens with zero attached hydrogens (tertiary/aromatic N) is 4. The first-order valence-corrected chi connectivity index (χ1v) is 14.8. The van der Waals surface area contributed by atoms with E-state index in [1.165, 1.54) is 27.8 Å². The maximum absolute atomic E-state index is 13.7. The molecule has 1 aliphatic heterocycles. The first kappa shape index (κ1) is 30.5. The molecule has 1 unspecified atom stereocenters. The zero-order valence-electron chi connectivity index (χ0n) is 22.6. The summed E-state index contributed by atoms with van der Waals surface area (Å²) in [5.41, 5.74) is 3.59. The number of amides is 1. The number of benzene rings is 2. The number of carbonyl (C=O) groups excluding carboxylic acids is 1. The van der Waals surface area contributed by atoms with Crippen molar-refractivity contribution in [3.63, 3.8) is 0 Å². The first-order valence-electron chi connectivity index (χ1n) is 12.6. The molecule has 1 saturated heterocycles. The summed E-state index contributed by atoms with van der Waals surface area (Å²) >= 11 is 1.51. The highest BCUT2D eigenvalue weighted by Crippen LogP contribution is 2.33. The van der Waals surface area contributed by atoms with Crippen LogP contribution in [0.4, 0.5) is 5.13 Å². The van der Waals surface area contributed by atoms with Crippen LogP contribution in [-0.4, -0.2) is 82.0 Å². The number of aryl methyl sites for hydroxylation is 2. The Morgan fingerprint density at radius 1 is 1.11 bits per heavy atom. The minimum atomic E-state index is -3.68. The van der Waals surface area contributed by atoms with Gasteiger partial charge in [-0.2, -0.15) is 4.31 Å². The lowest BCUT2D eigenvalue weighted by atomic mass is 10.1. The van der Waals surface area contributed by atoms with Crippen molar-refractivity contribution in [2.75, 3.05) is 52.3 Å². The molecular formula is C27H37ClN4O4S2. The number of likely N-dealkylation sites (N-methyl/N-ethyl adjacent to an activating group) is 1. The summed E-state index contributed by atoms with van der Waals surface area (Å²) in [4.78, 5) is 22.4. The van der Waals surface area contributed by atoms with Gasteiger partial charge in [0.25, 0.3) is 5.91 Å². The van der Waals surface area contributed by atoms with Gasteiger partial charge in [0.05, 0.1) is 21.2 Å². The molecule has 11 heteroatoms. The van der Waals surface area contributed by atoms with Crippen LogP contribution in [0.25, 0.3) is 10.2 Å². The van der Waals surface area contributed by atoms with Gasteiger partial charge in [-0.15, -0.1) is 12.4 Å². The van der Waals surface area contributed by atoms with E-state index in [2.05, 4.69) is 17.9 Å². The van der Waals surface area contributed by atoms with E-state index in [1.54, 1.807) is 24.1 Å². The summed E-state index contributed by atoms with van der Waals surface area (Å²) in [6, 6.07) is 10.4. The maximum atomic E-state index is 13.7. The minimum absolute atomic E-state index is 0. The molecule has 0 N–H and O–H groups in total. The third-order valence-corrected chi connectivity index (χ3v) is 9.63. The summed E-state index contributed by atoms with van der Waals surface area (Å²) in [5.74, 6) is -0.191. The van der Waals surface area contributed by atoms with Crippen LogP contribution in [0.5, 0.6) is 0 Å². The number of carbonyl (C=O) groups is 1. The molecule has 0 aliphatic carbocycles. The van der Waals surface area contributed by atoms with E-state index in [4.69, 9.17) is 9.72 Å². The lowest BCUT2D eigenvalue weighted by molar-refractivity contribution is 0.0978. The van der Waals surface area contributed by atoms with Gasteiger partial charge in [0.2, 0.25) is 10.0 Å². The molecule has 0 bridgehead atoms. The van der Waals surface area contributed by atoms with E-state index in [0.717, 1.165) is 47.2 Å². The van der Waals surface area contributed by atoms with Crippen LogP contribution in [0.1, 0.15) is 40.7 Å². The maximum Gasteiger partial charge on any atom is 0.260 e. The Kier molecular flexibility index (Phi) is 10.3. The number of rotatable bonds is 10. The van der Waals surface area contributed by atoms with Gasteiger partial charge in [0.1, 0.15) is 0 Å². The zero-order chi connectivity index (χ0) is 26.7. The molecule has 1 aromatic heterocycles. The summed E-state index contributed by atoms with van der Waals surface area (Å²) in [5, 5.41) is 0.653. The van der Waals surface area contributed by atoms with E-state index >= 15 is 0 Å². The van der Waals surface area contributed by atoms with E-state index in [-0.39, 0.29) is 29.3 Å². The number of aromatic nitrogens is 1. The Bertz CT molecular complexity index is 1350. The number of hydrogen-bond acceptors (Lipinski definition) is 7. The Labute approximate surface area is 236 Å². The van der Waals surface area contributed by atoms with Crippen molar-refractivity contribution in [2.45, 2.75) is 44.1 Å². The van der Waals surface area contributed by atoms with E-state index in [0.29, 0.717) is 30.4 Å². The molecule has 3 aromatic rings. The number of ether oxygens (including phenoxy) is 1. The normalized spacial score (nSPS) is 15.8. The molecule has 2 heterocycles. The van der Waals surface area contributed by atoms with Crippen molar-refractivity contribution in [2.24, 2.45) is 0 Å². The average Bonchev–Trinajstić information content (AvgIpc) is 3.51. The standard InChI is InChI=1S/C27H36N4O4S2.ClH/c1-19-16-20(2)25-24(17-19)28-27(36-25)31(14-7-13-29(3)4)26(32)21-9-11-23(12-10-21)37(33,34)30(5)18-22-8-6-15-35-22;/h9-12,16-17,22H,6-8,13-15,18H2,1-5H3;1H. The highest BCUT2D eigenvalue weighted by molar-refractivity contribution is 7.89. The molecule has 208 valence electrons. The number of hydrogen-bond donors (Lipinski definition) is 0. The second-order valence-electron chi connectivity index (χ2n) is 9.99. The second-order valence-corrected chi connectivity index (χ2v) is 13.0. The number of sulfonamides is 1. The lowest BCUT2D eigenvalue weighted by Crippen LogP contribution is -2.34. The van der Waals surface area contributed by atoms with Crippen LogP contribution in [0.3, 0.4) is 0 Å². The van der Waals surface area contributed by atoms with Gasteiger partial charge in [0, 0.05) is 32.3 Å². The molecule has 1 fully saturated rings. The third kappa shape index (κ3) is 6.91. The van der Waals surface area contributed by atoms with Crippen molar-refractivity contribution < 1.29 is 17.9 Å². The Morgan fingerprint density at radius 3 is 2.45 bits per heavy atom. The van der Waals surface area contributed by atoms with Gasteiger partial charge in [0.15, 0.2) is 5.13 Å². The molecular weight excluding hydrogens is 544 g/mol. The van der Waals surface area contributed by atoms with E-state index in [9.17, 15) is 13.2 Å². The summed E-state index contributed by atoms with van der Waals surface area (Å²) in [6.07, 6.45) is 2.53. The van der Waals surface area contributed by atoms with Crippen LogP contribution in [-0.2, 0) is 14.8 Å². The van der Waals surface area contributed by atoms with Gasteiger partial charge >= 0.3 is 0 Å². The predicted octanol–water partition coefficient (Wildman–Crippen LogP) is 4.73. The molecule has 0 spiro atoms. The molecule has 1 amide bonds. The van der Waals surface area contributed by atoms with Crippen LogP contribution < -0.4 is 4.90 Å². The van der Waals surface area contributed by atoms with Crippen molar-refractivity contribution in [1.82, 2.24) is 14.2 Å². The molecule has 0 saturated carbocycles. The fourth-order valence-electron chi connectivity index (χ4n) is 4.59. The van der Waals surface area contributed by atoms with Gasteiger partial charge < -0.3 is 9.64 Å². The summed E-state index contributed by atoms with van der Waals surface area (Å²) in [6.45, 7) is 6.44. The van der Waals surface area contributed by atoms with Crippen molar-refractivity contribution >= 4 is 55.0 Å². The van der Waals surface area contributed by atoms with E-state index in [1.807, 2.05) is 27.1 Å². The Hall–Kier alpha value is -2.08.